The second-order valence-corrected chi connectivity index (χ2v) is 8.50. The minimum absolute atomic E-state index is 0.223. The third-order valence-corrected chi connectivity index (χ3v) is 6.02. The summed E-state index contributed by atoms with van der Waals surface area (Å²) in [5, 5.41) is 3.21. The first kappa shape index (κ1) is 18.6. The highest BCUT2D eigenvalue weighted by molar-refractivity contribution is 7.86. The second kappa shape index (κ2) is 7.18. The molecule has 0 atom stereocenters. The average molecular weight is 396 g/mol. The summed E-state index contributed by atoms with van der Waals surface area (Å²) in [6, 6.07) is 6.49. The maximum Gasteiger partial charge on any atom is 0.303 e. The SMILES string of the molecule is CN(C)S(=O)(=O)N1C=C2CN=C(NC(=O)c3ccc(Cl)cc3)N=C2CC1. The molecule has 0 spiro atoms. The number of aliphatic imine (C=N–C) groups is 2. The van der Waals surface area contributed by atoms with Crippen molar-refractivity contribution < 1.29 is 13.2 Å². The Hall–Kier alpha value is -2.23. The molecule has 1 amide bonds. The normalized spacial score (nSPS) is 17.2. The number of carbonyl (C=O) groups is 1. The Balaban J connectivity index is 1.73. The molecule has 0 aliphatic carbocycles. The number of hydrogen-bond donors (Lipinski definition) is 1. The van der Waals surface area contributed by atoms with Gasteiger partial charge in [-0.15, -0.1) is 0 Å². The zero-order valence-electron chi connectivity index (χ0n) is 14.3. The zero-order chi connectivity index (χ0) is 18.9. The molecular weight excluding hydrogens is 378 g/mol. The lowest BCUT2D eigenvalue weighted by molar-refractivity contribution is 0.0976. The molecule has 0 radical (unpaired) electrons. The van der Waals surface area contributed by atoms with Crippen molar-refractivity contribution in [2.75, 3.05) is 27.2 Å². The van der Waals surface area contributed by atoms with Crippen LogP contribution >= 0.6 is 11.6 Å². The smallest absolute Gasteiger partial charge is 0.291 e. The molecule has 1 aromatic rings. The van der Waals surface area contributed by atoms with Crippen LogP contribution < -0.4 is 5.32 Å². The van der Waals surface area contributed by atoms with Crippen LogP contribution in [0.1, 0.15) is 16.8 Å². The van der Waals surface area contributed by atoms with Crippen molar-refractivity contribution in [2.24, 2.45) is 9.98 Å². The van der Waals surface area contributed by atoms with E-state index in [1.165, 1.54) is 18.4 Å². The van der Waals surface area contributed by atoms with E-state index in [0.717, 1.165) is 15.6 Å². The number of hydrogen-bond acceptors (Lipinski definition) is 5. The Morgan fingerprint density at radius 3 is 2.62 bits per heavy atom. The highest BCUT2D eigenvalue weighted by atomic mass is 35.5. The molecule has 26 heavy (non-hydrogen) atoms. The van der Waals surface area contributed by atoms with Gasteiger partial charge in [0.05, 0.1) is 12.3 Å². The first-order valence-corrected chi connectivity index (χ1v) is 9.64. The molecule has 0 fully saturated rings. The van der Waals surface area contributed by atoms with Crippen molar-refractivity contribution in [3.63, 3.8) is 0 Å². The molecule has 1 aromatic carbocycles. The van der Waals surface area contributed by atoms with Crippen molar-refractivity contribution in [3.8, 4) is 0 Å². The summed E-state index contributed by atoms with van der Waals surface area (Å²) in [5.41, 5.74) is 1.91. The monoisotopic (exact) mass is 395 g/mol. The van der Waals surface area contributed by atoms with Gasteiger partial charge in [0.15, 0.2) is 0 Å². The molecular formula is C16H18ClN5O3S. The lowest BCUT2D eigenvalue weighted by Crippen LogP contribution is -2.42. The number of carbonyl (C=O) groups excluding carboxylic acids is 1. The summed E-state index contributed by atoms with van der Waals surface area (Å²) in [6.07, 6.45) is 2.01. The topological polar surface area (TPSA) is 94.4 Å². The maximum atomic E-state index is 12.2. The second-order valence-electron chi connectivity index (χ2n) is 5.96. The van der Waals surface area contributed by atoms with Crippen LogP contribution in [-0.2, 0) is 10.2 Å². The van der Waals surface area contributed by atoms with Gasteiger partial charge in [0.2, 0.25) is 5.96 Å². The molecule has 138 valence electrons. The Labute approximate surface area is 157 Å². The van der Waals surface area contributed by atoms with E-state index in [-0.39, 0.29) is 18.4 Å². The summed E-state index contributed by atoms with van der Waals surface area (Å²) >= 11 is 5.81. The van der Waals surface area contributed by atoms with E-state index in [0.29, 0.717) is 23.6 Å². The predicted octanol–water partition coefficient (Wildman–Crippen LogP) is 1.28. The molecule has 0 aromatic heterocycles. The lowest BCUT2D eigenvalue weighted by Gasteiger charge is -2.30. The fraction of sp³-hybridized carbons (Fsp3) is 0.312. The van der Waals surface area contributed by atoms with Crippen LogP contribution in [0.25, 0.3) is 0 Å². The quantitative estimate of drug-likeness (QED) is 0.835. The van der Waals surface area contributed by atoms with Crippen molar-refractivity contribution in [1.82, 2.24) is 13.9 Å². The Kier molecular flexibility index (Phi) is 5.12. The van der Waals surface area contributed by atoms with Crippen molar-refractivity contribution in [2.45, 2.75) is 6.42 Å². The van der Waals surface area contributed by atoms with E-state index in [4.69, 9.17) is 11.6 Å². The van der Waals surface area contributed by atoms with Gasteiger partial charge < -0.3 is 0 Å². The summed E-state index contributed by atoms with van der Waals surface area (Å²) in [4.78, 5) is 20.8. The number of halogens is 1. The van der Waals surface area contributed by atoms with Crippen LogP contribution in [0.3, 0.4) is 0 Å². The van der Waals surface area contributed by atoms with Gasteiger partial charge in [-0.1, -0.05) is 11.6 Å². The van der Waals surface area contributed by atoms with Crippen LogP contribution in [0.15, 0.2) is 46.0 Å². The number of guanidine groups is 1. The third kappa shape index (κ3) is 3.79. The van der Waals surface area contributed by atoms with Gasteiger partial charge in [-0.2, -0.15) is 12.7 Å². The largest absolute Gasteiger partial charge is 0.303 e. The maximum absolute atomic E-state index is 12.2. The number of benzene rings is 1. The predicted molar refractivity (Wildman–Crippen MR) is 101 cm³/mol. The molecule has 0 saturated carbocycles. The van der Waals surface area contributed by atoms with Crippen molar-refractivity contribution in [3.05, 3.63) is 46.6 Å². The van der Waals surface area contributed by atoms with E-state index < -0.39 is 10.2 Å². The van der Waals surface area contributed by atoms with Gasteiger partial charge in [-0.25, -0.2) is 9.98 Å². The summed E-state index contributed by atoms with van der Waals surface area (Å²) in [6.45, 7) is 0.551. The fourth-order valence-electron chi connectivity index (χ4n) is 2.51. The lowest BCUT2D eigenvalue weighted by atomic mass is 10.1. The van der Waals surface area contributed by atoms with Crippen LogP contribution in [0, 0.1) is 0 Å². The molecule has 10 heteroatoms. The van der Waals surface area contributed by atoms with Gasteiger partial charge in [-0.3, -0.25) is 14.4 Å². The Bertz CT molecular complexity index is 920. The van der Waals surface area contributed by atoms with Gasteiger partial charge in [0.25, 0.3) is 5.91 Å². The number of amides is 1. The van der Waals surface area contributed by atoms with Crippen LogP contribution in [0.4, 0.5) is 0 Å². The van der Waals surface area contributed by atoms with Gasteiger partial charge >= 0.3 is 10.2 Å². The highest BCUT2D eigenvalue weighted by Gasteiger charge is 2.28. The van der Waals surface area contributed by atoms with E-state index in [9.17, 15) is 13.2 Å². The standard InChI is InChI=1S/C16H18ClN5O3S/c1-21(2)26(24,25)22-8-7-14-12(10-22)9-18-16(19-14)20-15(23)11-3-5-13(17)6-4-11/h3-6,10H,7-9H2,1-2H3,(H,18,20,23). The summed E-state index contributed by atoms with van der Waals surface area (Å²) in [7, 11) is -0.542. The molecule has 2 aliphatic heterocycles. The average Bonchev–Trinajstić information content (AvgIpc) is 2.61. The number of nitrogens with one attached hydrogen (secondary N) is 1. The van der Waals surface area contributed by atoms with E-state index >= 15 is 0 Å². The molecule has 2 aliphatic rings. The van der Waals surface area contributed by atoms with Gasteiger partial charge in [-0.05, 0) is 24.3 Å². The minimum Gasteiger partial charge on any atom is -0.291 e. The molecule has 8 nitrogen and oxygen atoms in total. The van der Waals surface area contributed by atoms with Crippen molar-refractivity contribution >= 4 is 39.4 Å². The first-order chi connectivity index (χ1) is 12.3. The zero-order valence-corrected chi connectivity index (χ0v) is 15.9. The molecule has 0 bridgehead atoms. The van der Waals surface area contributed by atoms with Crippen molar-refractivity contribution in [1.29, 1.82) is 0 Å². The number of rotatable bonds is 3. The number of nitrogens with zero attached hydrogens (tertiary/aromatic N) is 4. The third-order valence-electron chi connectivity index (χ3n) is 3.97. The van der Waals surface area contributed by atoms with Gasteiger partial charge in [0.1, 0.15) is 0 Å². The highest BCUT2D eigenvalue weighted by Crippen LogP contribution is 2.20. The Morgan fingerprint density at radius 2 is 1.96 bits per heavy atom. The fourth-order valence-corrected chi connectivity index (χ4v) is 3.63. The van der Waals surface area contributed by atoms with Gasteiger partial charge in [0, 0.05) is 49.4 Å². The summed E-state index contributed by atoms with van der Waals surface area (Å²) < 4.78 is 26.9. The van der Waals surface area contributed by atoms with E-state index in [1.807, 2.05) is 0 Å². The van der Waals surface area contributed by atoms with Crippen LogP contribution in [0.2, 0.25) is 5.02 Å². The first-order valence-electron chi connectivity index (χ1n) is 7.86. The van der Waals surface area contributed by atoms with E-state index in [2.05, 4.69) is 15.3 Å². The minimum atomic E-state index is -3.52. The molecule has 1 N–H and O–H groups in total. The molecule has 0 saturated heterocycles. The Morgan fingerprint density at radius 1 is 1.27 bits per heavy atom. The van der Waals surface area contributed by atoms with Crippen LogP contribution in [-0.4, -0.2) is 61.8 Å². The summed E-state index contributed by atoms with van der Waals surface area (Å²) in [5.74, 6) is -0.106. The molecule has 2 heterocycles. The van der Waals surface area contributed by atoms with E-state index in [1.54, 1.807) is 30.5 Å². The molecule has 0 unspecified atom stereocenters. The molecule has 3 rings (SSSR count). The van der Waals surface area contributed by atoms with Crippen LogP contribution in [0.5, 0.6) is 0 Å². The number of fused-ring (bicyclic) bond motifs is 1.